The number of amides is 2. The van der Waals surface area contributed by atoms with Gasteiger partial charge in [-0.05, 0) is 76.5 Å². The summed E-state index contributed by atoms with van der Waals surface area (Å²) in [5, 5.41) is 9.43. The third kappa shape index (κ3) is 6.65. The maximum absolute atomic E-state index is 15.9. The van der Waals surface area contributed by atoms with Crippen molar-refractivity contribution >= 4 is 52.0 Å². The normalized spacial score (nSPS) is 15.6. The van der Waals surface area contributed by atoms with Crippen LogP contribution in [0.25, 0.3) is 11.4 Å². The van der Waals surface area contributed by atoms with Crippen LogP contribution in [0.4, 0.5) is 15.0 Å². The van der Waals surface area contributed by atoms with E-state index in [0.717, 1.165) is 28.2 Å². The number of anilines is 1. The molecule has 6 rings (SSSR count). The van der Waals surface area contributed by atoms with Crippen LogP contribution in [0.15, 0.2) is 54.6 Å². The molecule has 2 aliphatic heterocycles. The zero-order valence-corrected chi connectivity index (χ0v) is 29.3. The largest absolute Gasteiger partial charge is 0.497 e. The minimum absolute atomic E-state index is 0.0352. The van der Waals surface area contributed by atoms with Crippen LogP contribution in [0.3, 0.4) is 0 Å². The third-order valence-corrected chi connectivity index (χ3v) is 10.2. The summed E-state index contributed by atoms with van der Waals surface area (Å²) in [4.78, 5) is 39.1. The highest BCUT2D eigenvalue weighted by atomic mass is 127. The standard InChI is InChI=1S/C34H32ClFIN5O6/c1-19-14-25(41(15-20-4-8-23(46-2)9-5-20)16-21-6-10-24(47-3)11-7-21)38-30(28(19)37)29-27(35)31-26(32(36)39-29)33(43)42-13-12-40(34(44)45)17-22(42)18-48-31/h4-11,14,22H,12-13,15-18H2,1-3H3,(H,44,45)/t22-/m1/s1. The highest BCUT2D eigenvalue weighted by molar-refractivity contribution is 14.1. The molecule has 1 N–H and O–H groups in total. The number of carbonyl (C=O) groups excluding carboxylic acids is 1. The number of carboxylic acid groups (broad SMARTS) is 1. The molecule has 2 amide bonds. The first-order chi connectivity index (χ1) is 23.1. The van der Waals surface area contributed by atoms with Crippen LogP contribution in [0.2, 0.25) is 5.02 Å². The Bertz CT molecular complexity index is 1810. The molecule has 2 aliphatic rings. The first-order valence-corrected chi connectivity index (χ1v) is 16.5. The van der Waals surface area contributed by atoms with Crippen LogP contribution >= 0.6 is 34.2 Å². The molecule has 0 saturated carbocycles. The number of aromatic nitrogens is 2. The summed E-state index contributed by atoms with van der Waals surface area (Å²) in [5.74, 6) is 0.277. The van der Waals surface area contributed by atoms with Crippen molar-refractivity contribution in [1.29, 1.82) is 0 Å². The van der Waals surface area contributed by atoms with E-state index in [1.165, 1.54) is 9.80 Å². The van der Waals surface area contributed by atoms with Crippen molar-refractivity contribution in [2.75, 3.05) is 45.4 Å². The number of methoxy groups -OCH3 is 2. The topological polar surface area (TPSA) is 118 Å². The lowest BCUT2D eigenvalue weighted by Crippen LogP contribution is -2.57. The van der Waals surface area contributed by atoms with Crippen LogP contribution < -0.4 is 19.1 Å². The van der Waals surface area contributed by atoms with Gasteiger partial charge in [0, 0.05) is 36.3 Å². The predicted octanol–water partition coefficient (Wildman–Crippen LogP) is 6.27. The lowest BCUT2D eigenvalue weighted by molar-refractivity contribution is 0.0388. The van der Waals surface area contributed by atoms with E-state index in [1.54, 1.807) is 14.2 Å². The number of hydrogen-bond donors (Lipinski definition) is 1. The van der Waals surface area contributed by atoms with Gasteiger partial charge in [0.1, 0.15) is 45.9 Å². The number of hydrogen-bond acceptors (Lipinski definition) is 8. The molecule has 0 spiro atoms. The van der Waals surface area contributed by atoms with Crippen LogP contribution in [0.1, 0.15) is 27.0 Å². The number of nitrogens with zero attached hydrogens (tertiary/aromatic N) is 5. The summed E-state index contributed by atoms with van der Waals surface area (Å²) in [6.45, 7) is 3.08. The molecule has 4 heterocycles. The number of benzene rings is 2. The summed E-state index contributed by atoms with van der Waals surface area (Å²) in [5.41, 5.74) is 2.89. The minimum Gasteiger partial charge on any atom is -0.497 e. The average Bonchev–Trinajstić information content (AvgIpc) is 3.24. The monoisotopic (exact) mass is 787 g/mol. The zero-order chi connectivity index (χ0) is 34.1. The lowest BCUT2D eigenvalue weighted by atomic mass is 10.1. The Morgan fingerprint density at radius 3 is 2.21 bits per heavy atom. The highest BCUT2D eigenvalue weighted by Gasteiger charge is 2.40. The van der Waals surface area contributed by atoms with Crippen molar-refractivity contribution in [3.63, 3.8) is 0 Å². The minimum atomic E-state index is -1.10. The maximum atomic E-state index is 15.9. The molecule has 4 aromatic rings. The van der Waals surface area contributed by atoms with Gasteiger partial charge in [0.25, 0.3) is 5.91 Å². The van der Waals surface area contributed by atoms with E-state index in [-0.39, 0.29) is 48.3 Å². The van der Waals surface area contributed by atoms with E-state index in [2.05, 4.69) is 32.5 Å². The van der Waals surface area contributed by atoms with Gasteiger partial charge in [0.15, 0.2) is 5.75 Å². The van der Waals surface area contributed by atoms with Crippen molar-refractivity contribution in [3.8, 4) is 28.6 Å². The van der Waals surface area contributed by atoms with Gasteiger partial charge in [-0.3, -0.25) is 4.79 Å². The molecule has 14 heteroatoms. The molecule has 1 atom stereocenters. The number of piperazine rings is 1. The van der Waals surface area contributed by atoms with Gasteiger partial charge in [0.2, 0.25) is 5.95 Å². The fourth-order valence-corrected chi connectivity index (χ4v) is 6.65. The van der Waals surface area contributed by atoms with Crippen LogP contribution in [0, 0.1) is 16.4 Å². The van der Waals surface area contributed by atoms with Crippen LogP contribution in [-0.4, -0.2) is 83.4 Å². The smallest absolute Gasteiger partial charge is 0.407 e. The van der Waals surface area contributed by atoms with E-state index >= 15 is 4.39 Å². The summed E-state index contributed by atoms with van der Waals surface area (Å²) < 4.78 is 33.3. The Hall–Kier alpha value is -4.37. The number of fused-ring (bicyclic) bond motifs is 2. The summed E-state index contributed by atoms with van der Waals surface area (Å²) in [6, 6.07) is 16.9. The molecule has 2 aromatic heterocycles. The summed E-state index contributed by atoms with van der Waals surface area (Å²) >= 11 is 9.05. The van der Waals surface area contributed by atoms with Crippen molar-refractivity contribution in [2.24, 2.45) is 0 Å². The van der Waals surface area contributed by atoms with Crippen molar-refractivity contribution in [2.45, 2.75) is 26.1 Å². The fraction of sp³-hybridized carbons (Fsp3) is 0.294. The van der Waals surface area contributed by atoms with Gasteiger partial charge in [-0.1, -0.05) is 35.9 Å². The Morgan fingerprint density at radius 2 is 1.65 bits per heavy atom. The Balaban J connectivity index is 1.40. The summed E-state index contributed by atoms with van der Waals surface area (Å²) in [7, 11) is 3.24. The SMILES string of the molecule is COc1ccc(CN(Cc2ccc(OC)cc2)c2cc(C)c(I)c(-c3nc(F)c4c(c3Cl)OC[C@H]3CN(C(=O)O)CCN3C4=O)n2)cc1. The first kappa shape index (κ1) is 33.5. The van der Waals surface area contributed by atoms with Crippen LogP contribution in [0.5, 0.6) is 17.2 Å². The van der Waals surface area contributed by atoms with Crippen molar-refractivity contribution in [3.05, 3.63) is 91.4 Å². The van der Waals surface area contributed by atoms with E-state index in [0.29, 0.717) is 28.2 Å². The molecule has 11 nitrogen and oxygen atoms in total. The average molecular weight is 788 g/mol. The Kier molecular flexibility index (Phi) is 9.78. The van der Waals surface area contributed by atoms with Gasteiger partial charge < -0.3 is 34.0 Å². The molecular weight excluding hydrogens is 756 g/mol. The molecule has 250 valence electrons. The third-order valence-electron chi connectivity index (χ3n) is 8.44. The van der Waals surface area contributed by atoms with Gasteiger partial charge in [-0.15, -0.1) is 0 Å². The summed E-state index contributed by atoms with van der Waals surface area (Å²) in [6.07, 6.45) is -1.10. The molecular formula is C34H32ClFIN5O6. The highest BCUT2D eigenvalue weighted by Crippen LogP contribution is 2.42. The molecule has 48 heavy (non-hydrogen) atoms. The Labute approximate surface area is 295 Å². The number of halogens is 3. The second-order valence-electron chi connectivity index (χ2n) is 11.5. The predicted molar refractivity (Wildman–Crippen MR) is 186 cm³/mol. The van der Waals surface area contributed by atoms with Gasteiger partial charge in [0.05, 0.1) is 20.3 Å². The molecule has 0 radical (unpaired) electrons. The number of rotatable bonds is 8. The van der Waals surface area contributed by atoms with Crippen molar-refractivity contribution in [1.82, 2.24) is 19.8 Å². The Morgan fingerprint density at radius 1 is 1.04 bits per heavy atom. The number of pyridine rings is 2. The van der Waals surface area contributed by atoms with Gasteiger partial charge in [-0.25, -0.2) is 14.8 Å². The lowest BCUT2D eigenvalue weighted by Gasteiger charge is -2.38. The molecule has 0 bridgehead atoms. The second-order valence-corrected chi connectivity index (χ2v) is 12.9. The zero-order valence-electron chi connectivity index (χ0n) is 26.4. The van der Waals surface area contributed by atoms with Crippen LogP contribution in [-0.2, 0) is 13.1 Å². The van der Waals surface area contributed by atoms with Gasteiger partial charge in [-0.2, -0.15) is 4.39 Å². The molecule has 1 saturated heterocycles. The molecule has 0 aliphatic carbocycles. The van der Waals surface area contributed by atoms with Crippen molar-refractivity contribution < 1.29 is 33.3 Å². The van der Waals surface area contributed by atoms with E-state index in [1.807, 2.05) is 61.5 Å². The first-order valence-electron chi connectivity index (χ1n) is 15.1. The number of carbonyl (C=O) groups is 2. The van der Waals surface area contributed by atoms with E-state index in [9.17, 15) is 14.7 Å². The number of ether oxygens (including phenoxy) is 3. The van der Waals surface area contributed by atoms with E-state index < -0.39 is 24.0 Å². The quantitative estimate of drug-likeness (QED) is 0.163. The fourth-order valence-electron chi connectivity index (χ4n) is 5.83. The second kappa shape index (κ2) is 14.0. The number of aryl methyl sites for hydroxylation is 1. The maximum Gasteiger partial charge on any atom is 0.407 e. The molecule has 2 aromatic carbocycles. The van der Waals surface area contributed by atoms with E-state index in [4.69, 9.17) is 30.8 Å². The van der Waals surface area contributed by atoms with Gasteiger partial charge >= 0.3 is 6.09 Å². The molecule has 1 fully saturated rings. The molecule has 0 unspecified atom stereocenters.